The van der Waals surface area contributed by atoms with Crippen molar-refractivity contribution in [2.45, 2.75) is 27.3 Å². The van der Waals surface area contributed by atoms with Crippen LogP contribution in [-0.2, 0) is 6.54 Å². The number of rotatable bonds is 4. The van der Waals surface area contributed by atoms with E-state index in [9.17, 15) is 0 Å². The van der Waals surface area contributed by atoms with Gasteiger partial charge in [-0.2, -0.15) is 11.3 Å². The van der Waals surface area contributed by atoms with E-state index in [4.69, 9.17) is 0 Å². The molecule has 0 aromatic carbocycles. The fourth-order valence-corrected chi connectivity index (χ4v) is 1.91. The maximum absolute atomic E-state index is 3.39. The van der Waals surface area contributed by atoms with E-state index < -0.39 is 0 Å². The van der Waals surface area contributed by atoms with Crippen LogP contribution in [0, 0.1) is 6.92 Å². The van der Waals surface area contributed by atoms with Gasteiger partial charge in [0, 0.05) is 13.1 Å². The Balaban J connectivity index is 2.28. The molecule has 2 heteroatoms. The maximum atomic E-state index is 3.39. The van der Waals surface area contributed by atoms with E-state index >= 15 is 0 Å². The molecule has 1 nitrogen and oxygen atoms in total. The summed E-state index contributed by atoms with van der Waals surface area (Å²) >= 11 is 1.78. The van der Waals surface area contributed by atoms with Gasteiger partial charge < -0.3 is 5.32 Å². The molecule has 0 aliphatic rings. The number of hydrogen-bond donors (Lipinski definition) is 1. The summed E-state index contributed by atoms with van der Waals surface area (Å²) in [7, 11) is 0. The van der Waals surface area contributed by atoms with Gasteiger partial charge in [0.25, 0.3) is 0 Å². The van der Waals surface area contributed by atoms with Crippen LogP contribution in [-0.4, -0.2) is 6.54 Å². The Morgan fingerprint density at radius 2 is 2.23 bits per heavy atom. The summed E-state index contributed by atoms with van der Waals surface area (Å²) < 4.78 is 0. The number of nitrogens with one attached hydrogen (secondary N) is 1. The summed E-state index contributed by atoms with van der Waals surface area (Å²) in [6, 6.07) is 0. The number of hydrogen-bond acceptors (Lipinski definition) is 2. The normalized spacial score (nSPS) is 10.1. The van der Waals surface area contributed by atoms with Crippen LogP contribution in [0.4, 0.5) is 0 Å². The molecule has 0 saturated carbocycles. The molecular weight excluding hydrogens is 178 g/mol. The maximum Gasteiger partial charge on any atom is 0.0219 e. The Labute approximate surface area is 84.5 Å². The van der Waals surface area contributed by atoms with E-state index in [1.807, 2.05) is 0 Å². The first-order valence-electron chi connectivity index (χ1n) is 4.56. The lowest BCUT2D eigenvalue weighted by atomic mass is 10.2. The molecule has 1 heterocycles. The van der Waals surface area contributed by atoms with E-state index in [-0.39, 0.29) is 0 Å². The fraction of sp³-hybridized carbons (Fsp3) is 0.455. The topological polar surface area (TPSA) is 12.0 Å². The van der Waals surface area contributed by atoms with Crippen molar-refractivity contribution in [2.24, 2.45) is 0 Å². The van der Waals surface area contributed by atoms with E-state index in [0.29, 0.717) is 0 Å². The fourth-order valence-electron chi connectivity index (χ4n) is 1.05. The van der Waals surface area contributed by atoms with Crippen LogP contribution in [0.25, 0.3) is 0 Å². The minimum absolute atomic E-state index is 0.970. The van der Waals surface area contributed by atoms with Crippen LogP contribution in [0.3, 0.4) is 0 Å². The van der Waals surface area contributed by atoms with Crippen molar-refractivity contribution in [1.29, 1.82) is 0 Å². The van der Waals surface area contributed by atoms with Crippen molar-refractivity contribution >= 4 is 11.3 Å². The van der Waals surface area contributed by atoms with Crippen molar-refractivity contribution in [3.05, 3.63) is 33.5 Å². The number of thiophene rings is 1. The molecule has 0 aliphatic heterocycles. The zero-order chi connectivity index (χ0) is 9.68. The molecule has 1 aromatic rings. The lowest BCUT2D eigenvalue weighted by Gasteiger charge is -2.01. The first-order valence-corrected chi connectivity index (χ1v) is 5.50. The molecule has 1 aromatic heterocycles. The quantitative estimate of drug-likeness (QED) is 0.575. The second-order valence-corrected chi connectivity index (χ2v) is 4.24. The molecule has 0 spiro atoms. The molecule has 0 bridgehead atoms. The lowest BCUT2D eigenvalue weighted by Crippen LogP contribution is -2.13. The van der Waals surface area contributed by atoms with Crippen LogP contribution >= 0.6 is 11.3 Å². The molecule has 0 saturated heterocycles. The van der Waals surface area contributed by atoms with Crippen molar-refractivity contribution in [3.8, 4) is 0 Å². The second-order valence-electron chi connectivity index (χ2n) is 3.49. The second kappa shape index (κ2) is 5.20. The Hall–Kier alpha value is -0.600. The molecule has 0 fully saturated rings. The highest BCUT2D eigenvalue weighted by molar-refractivity contribution is 7.08. The van der Waals surface area contributed by atoms with Crippen LogP contribution in [0.15, 0.2) is 22.4 Å². The summed E-state index contributed by atoms with van der Waals surface area (Å²) in [6.45, 7) is 8.36. The molecule has 72 valence electrons. The summed E-state index contributed by atoms with van der Waals surface area (Å²) in [4.78, 5) is 0. The molecule has 0 unspecified atom stereocenters. The van der Waals surface area contributed by atoms with Crippen molar-refractivity contribution in [3.63, 3.8) is 0 Å². The summed E-state index contributed by atoms with van der Waals surface area (Å²) in [5.74, 6) is 0. The van der Waals surface area contributed by atoms with Gasteiger partial charge in [-0.25, -0.2) is 0 Å². The Morgan fingerprint density at radius 1 is 1.46 bits per heavy atom. The van der Waals surface area contributed by atoms with E-state index in [1.54, 1.807) is 11.3 Å². The van der Waals surface area contributed by atoms with Gasteiger partial charge in [0.05, 0.1) is 0 Å². The third kappa shape index (κ3) is 3.75. The molecule has 0 atom stereocenters. The molecule has 0 amide bonds. The lowest BCUT2D eigenvalue weighted by molar-refractivity contribution is 0.756. The summed E-state index contributed by atoms with van der Waals surface area (Å²) in [5.41, 5.74) is 4.19. The molecule has 13 heavy (non-hydrogen) atoms. The van der Waals surface area contributed by atoms with Crippen molar-refractivity contribution in [2.75, 3.05) is 6.54 Å². The van der Waals surface area contributed by atoms with Gasteiger partial charge in [-0.05, 0) is 42.7 Å². The van der Waals surface area contributed by atoms with Gasteiger partial charge in [-0.1, -0.05) is 11.6 Å². The largest absolute Gasteiger partial charge is 0.309 e. The van der Waals surface area contributed by atoms with Gasteiger partial charge in [0.15, 0.2) is 0 Å². The van der Waals surface area contributed by atoms with Crippen LogP contribution in [0.2, 0.25) is 0 Å². The third-order valence-electron chi connectivity index (χ3n) is 1.93. The van der Waals surface area contributed by atoms with Crippen LogP contribution in [0.1, 0.15) is 25.0 Å². The van der Waals surface area contributed by atoms with Crippen LogP contribution in [0.5, 0.6) is 0 Å². The molecule has 0 aliphatic carbocycles. The van der Waals surface area contributed by atoms with Gasteiger partial charge in [0.1, 0.15) is 0 Å². The van der Waals surface area contributed by atoms with E-state index in [1.165, 1.54) is 16.7 Å². The van der Waals surface area contributed by atoms with Gasteiger partial charge in [0.2, 0.25) is 0 Å². The first kappa shape index (κ1) is 10.5. The Bertz CT molecular complexity index is 282. The predicted molar refractivity (Wildman–Crippen MR) is 60.2 cm³/mol. The minimum atomic E-state index is 0.970. The van der Waals surface area contributed by atoms with Crippen LogP contribution < -0.4 is 5.32 Å². The molecule has 1 N–H and O–H groups in total. The van der Waals surface area contributed by atoms with Crippen molar-refractivity contribution in [1.82, 2.24) is 5.32 Å². The minimum Gasteiger partial charge on any atom is -0.309 e. The number of allylic oxidation sites excluding steroid dienone is 1. The van der Waals surface area contributed by atoms with E-state index in [2.05, 4.69) is 42.9 Å². The zero-order valence-corrected chi connectivity index (χ0v) is 9.37. The van der Waals surface area contributed by atoms with Crippen molar-refractivity contribution < 1.29 is 0 Å². The Morgan fingerprint density at radius 3 is 2.77 bits per heavy atom. The monoisotopic (exact) mass is 195 g/mol. The summed E-state index contributed by atoms with van der Waals surface area (Å²) in [6.07, 6.45) is 2.21. The SMILES string of the molecule is CC(C)=CCNCc1cscc1C. The van der Waals surface area contributed by atoms with Gasteiger partial charge in [-0.3, -0.25) is 0 Å². The average Bonchev–Trinajstić information content (AvgIpc) is 2.45. The predicted octanol–water partition coefficient (Wildman–Crippen LogP) is 3.11. The molecule has 0 radical (unpaired) electrons. The Kier molecular flexibility index (Phi) is 4.19. The highest BCUT2D eigenvalue weighted by Crippen LogP contribution is 2.12. The van der Waals surface area contributed by atoms with Gasteiger partial charge in [-0.15, -0.1) is 0 Å². The number of aryl methyl sites for hydroxylation is 1. The standard InChI is InChI=1S/C11H17NS/c1-9(2)4-5-12-6-11-8-13-7-10(11)3/h4,7-8,12H,5-6H2,1-3H3. The first-order chi connectivity index (χ1) is 6.20. The summed E-state index contributed by atoms with van der Waals surface area (Å²) in [5, 5.41) is 7.80. The smallest absolute Gasteiger partial charge is 0.0219 e. The average molecular weight is 195 g/mol. The van der Waals surface area contributed by atoms with E-state index in [0.717, 1.165) is 13.1 Å². The molecule has 1 rings (SSSR count). The van der Waals surface area contributed by atoms with Gasteiger partial charge >= 0.3 is 0 Å². The third-order valence-corrected chi connectivity index (χ3v) is 2.84. The highest BCUT2D eigenvalue weighted by Gasteiger charge is 1.96. The zero-order valence-electron chi connectivity index (χ0n) is 8.55. The molecular formula is C11H17NS. The highest BCUT2D eigenvalue weighted by atomic mass is 32.1.